The van der Waals surface area contributed by atoms with Crippen molar-refractivity contribution < 1.29 is 0 Å². The second-order valence-electron chi connectivity index (χ2n) is 5.50. The summed E-state index contributed by atoms with van der Waals surface area (Å²) >= 11 is 2.10. The van der Waals surface area contributed by atoms with E-state index in [0.717, 1.165) is 11.8 Å². The van der Waals surface area contributed by atoms with E-state index in [9.17, 15) is 0 Å². The van der Waals surface area contributed by atoms with Crippen molar-refractivity contribution in [3.05, 3.63) is 24.3 Å². The lowest BCUT2D eigenvalue weighted by Crippen LogP contribution is -2.59. The Hall–Kier alpha value is -0.670. The number of hydrogen-bond acceptors (Lipinski definition) is 3. The zero-order valence-corrected chi connectivity index (χ0v) is 10.7. The van der Waals surface area contributed by atoms with Crippen molar-refractivity contribution in [1.82, 2.24) is 5.32 Å². The third-order valence-electron chi connectivity index (χ3n) is 4.60. The molecule has 1 spiro atoms. The van der Waals surface area contributed by atoms with Crippen LogP contribution in [0.2, 0.25) is 0 Å². The summed E-state index contributed by atoms with van der Waals surface area (Å²) in [5.41, 5.74) is 1.36. The SMILES string of the molecule is c1ccc2c(c1)NC1(S2)[C@@H]2CCC[C@@H]1CNC2. The number of rotatable bonds is 0. The van der Waals surface area contributed by atoms with Gasteiger partial charge in [0.1, 0.15) is 0 Å². The summed E-state index contributed by atoms with van der Waals surface area (Å²) in [6.45, 7) is 2.37. The molecule has 4 rings (SSSR count). The van der Waals surface area contributed by atoms with E-state index in [0.29, 0.717) is 4.87 Å². The molecule has 17 heavy (non-hydrogen) atoms. The van der Waals surface area contributed by atoms with Gasteiger partial charge in [-0.05, 0) is 25.0 Å². The molecule has 0 unspecified atom stereocenters. The first-order valence-corrected chi connectivity index (χ1v) is 7.47. The first-order chi connectivity index (χ1) is 8.38. The number of nitrogens with one attached hydrogen (secondary N) is 2. The molecule has 2 aliphatic heterocycles. The number of fused-ring (bicyclic) bond motifs is 1. The molecule has 90 valence electrons. The maximum atomic E-state index is 3.87. The molecular weight excluding hydrogens is 228 g/mol. The Morgan fingerprint density at radius 3 is 2.65 bits per heavy atom. The van der Waals surface area contributed by atoms with E-state index in [-0.39, 0.29) is 0 Å². The van der Waals surface area contributed by atoms with Crippen molar-refractivity contribution in [2.75, 3.05) is 18.4 Å². The summed E-state index contributed by atoms with van der Waals surface area (Å²) in [6.07, 6.45) is 4.16. The summed E-state index contributed by atoms with van der Waals surface area (Å²) < 4.78 is 0. The summed E-state index contributed by atoms with van der Waals surface area (Å²) in [7, 11) is 0. The van der Waals surface area contributed by atoms with Crippen LogP contribution in [0.3, 0.4) is 0 Å². The molecule has 2 bridgehead atoms. The number of para-hydroxylation sites is 1. The minimum Gasteiger partial charge on any atom is -0.369 e. The first-order valence-electron chi connectivity index (χ1n) is 6.65. The Kier molecular flexibility index (Phi) is 2.21. The van der Waals surface area contributed by atoms with Gasteiger partial charge in [0.15, 0.2) is 0 Å². The predicted molar refractivity (Wildman–Crippen MR) is 72.4 cm³/mol. The van der Waals surface area contributed by atoms with Crippen LogP contribution in [0.5, 0.6) is 0 Å². The van der Waals surface area contributed by atoms with Crippen molar-refractivity contribution >= 4 is 17.4 Å². The Morgan fingerprint density at radius 1 is 1.12 bits per heavy atom. The largest absolute Gasteiger partial charge is 0.369 e. The summed E-state index contributed by atoms with van der Waals surface area (Å²) in [4.78, 5) is 1.75. The average Bonchev–Trinajstić information content (AvgIpc) is 2.67. The molecule has 2 heterocycles. The normalized spacial score (nSPS) is 38.8. The van der Waals surface area contributed by atoms with Gasteiger partial charge in [0.05, 0.1) is 4.87 Å². The number of hydrogen-bond donors (Lipinski definition) is 2. The number of anilines is 1. The smallest absolute Gasteiger partial charge is 0.0961 e. The standard InChI is InChI=1S/C14H18N2S/c1-2-7-13-12(6-1)16-14(17-13)10-4-3-5-11(14)9-15-8-10/h1-2,6-7,10-11,15-16H,3-5,8-9H2/t10-,11-/m1/s1. The Bertz CT molecular complexity index is 397. The third kappa shape index (κ3) is 1.39. The highest BCUT2D eigenvalue weighted by atomic mass is 32.2. The van der Waals surface area contributed by atoms with Crippen molar-refractivity contribution in [1.29, 1.82) is 0 Å². The van der Waals surface area contributed by atoms with Gasteiger partial charge in [-0.3, -0.25) is 0 Å². The zero-order valence-electron chi connectivity index (χ0n) is 9.91. The van der Waals surface area contributed by atoms with Gasteiger partial charge in [-0.25, -0.2) is 0 Å². The van der Waals surface area contributed by atoms with Crippen LogP contribution in [0.25, 0.3) is 0 Å². The molecule has 0 aromatic heterocycles. The van der Waals surface area contributed by atoms with Gasteiger partial charge in [0.2, 0.25) is 0 Å². The molecule has 0 radical (unpaired) electrons. The van der Waals surface area contributed by atoms with E-state index in [2.05, 4.69) is 46.7 Å². The molecule has 2 atom stereocenters. The lowest BCUT2D eigenvalue weighted by molar-refractivity contribution is 0.161. The van der Waals surface area contributed by atoms with Crippen LogP contribution in [0, 0.1) is 11.8 Å². The molecule has 2 fully saturated rings. The van der Waals surface area contributed by atoms with Crippen LogP contribution in [-0.4, -0.2) is 18.0 Å². The Labute approximate surface area is 107 Å². The highest BCUT2D eigenvalue weighted by Crippen LogP contribution is 2.57. The minimum absolute atomic E-state index is 0.299. The van der Waals surface area contributed by atoms with Crippen LogP contribution in [0.4, 0.5) is 5.69 Å². The predicted octanol–water partition coefficient (Wildman–Crippen LogP) is 2.92. The topological polar surface area (TPSA) is 24.1 Å². The highest BCUT2D eigenvalue weighted by Gasteiger charge is 2.53. The van der Waals surface area contributed by atoms with Crippen LogP contribution in [0.15, 0.2) is 29.2 Å². The fourth-order valence-electron chi connectivity index (χ4n) is 3.76. The molecule has 1 aromatic carbocycles. The van der Waals surface area contributed by atoms with Gasteiger partial charge >= 0.3 is 0 Å². The van der Waals surface area contributed by atoms with Crippen molar-refractivity contribution in [3.8, 4) is 0 Å². The molecule has 1 saturated heterocycles. The van der Waals surface area contributed by atoms with Gasteiger partial charge in [-0.15, -0.1) is 0 Å². The van der Waals surface area contributed by atoms with Gasteiger partial charge in [-0.2, -0.15) is 0 Å². The second-order valence-corrected chi connectivity index (χ2v) is 6.82. The number of piperidine rings is 1. The van der Waals surface area contributed by atoms with E-state index in [1.54, 1.807) is 0 Å². The van der Waals surface area contributed by atoms with Gasteiger partial charge in [0.25, 0.3) is 0 Å². The summed E-state index contributed by atoms with van der Waals surface area (Å²) in [5.74, 6) is 1.57. The molecule has 0 amide bonds. The summed E-state index contributed by atoms with van der Waals surface area (Å²) in [6, 6.07) is 8.79. The summed E-state index contributed by atoms with van der Waals surface area (Å²) in [5, 5.41) is 7.49. The van der Waals surface area contributed by atoms with Crippen LogP contribution in [0.1, 0.15) is 19.3 Å². The third-order valence-corrected chi connectivity index (χ3v) is 6.28. The Morgan fingerprint density at radius 2 is 1.88 bits per heavy atom. The van der Waals surface area contributed by atoms with Crippen LogP contribution in [-0.2, 0) is 0 Å². The molecule has 1 aromatic rings. The molecule has 2 N–H and O–H groups in total. The Balaban J connectivity index is 1.75. The maximum absolute atomic E-state index is 3.87. The lowest BCUT2D eigenvalue weighted by atomic mass is 9.73. The molecule has 3 aliphatic rings. The maximum Gasteiger partial charge on any atom is 0.0961 e. The van der Waals surface area contributed by atoms with Gasteiger partial charge in [-0.1, -0.05) is 30.3 Å². The lowest BCUT2D eigenvalue weighted by Gasteiger charge is -2.50. The first kappa shape index (κ1) is 10.3. The van der Waals surface area contributed by atoms with Gasteiger partial charge in [0, 0.05) is 35.5 Å². The molecule has 3 heteroatoms. The van der Waals surface area contributed by atoms with E-state index in [1.807, 2.05) is 0 Å². The van der Waals surface area contributed by atoms with E-state index in [1.165, 1.54) is 42.9 Å². The second kappa shape index (κ2) is 3.66. The van der Waals surface area contributed by atoms with Crippen LogP contribution >= 0.6 is 11.8 Å². The monoisotopic (exact) mass is 246 g/mol. The minimum atomic E-state index is 0.299. The highest BCUT2D eigenvalue weighted by molar-refractivity contribution is 8.01. The average molecular weight is 246 g/mol. The fraction of sp³-hybridized carbons (Fsp3) is 0.571. The zero-order chi connectivity index (χ0) is 11.3. The van der Waals surface area contributed by atoms with E-state index in [4.69, 9.17) is 0 Å². The van der Waals surface area contributed by atoms with E-state index >= 15 is 0 Å². The number of benzene rings is 1. The van der Waals surface area contributed by atoms with E-state index < -0.39 is 0 Å². The van der Waals surface area contributed by atoms with Crippen LogP contribution < -0.4 is 10.6 Å². The quantitative estimate of drug-likeness (QED) is 0.736. The number of thioether (sulfide) groups is 1. The molecular formula is C14H18N2S. The van der Waals surface area contributed by atoms with Gasteiger partial charge < -0.3 is 10.6 Å². The molecule has 1 aliphatic carbocycles. The van der Waals surface area contributed by atoms with Crippen molar-refractivity contribution in [3.63, 3.8) is 0 Å². The van der Waals surface area contributed by atoms with Crippen molar-refractivity contribution in [2.24, 2.45) is 11.8 Å². The molecule has 1 saturated carbocycles. The fourth-order valence-corrected chi connectivity index (χ4v) is 5.40. The molecule has 2 nitrogen and oxygen atoms in total. The van der Waals surface area contributed by atoms with Crippen molar-refractivity contribution in [2.45, 2.75) is 29.0 Å².